The Morgan fingerprint density at radius 3 is 3.09 bits per heavy atom. The van der Waals surface area contributed by atoms with Crippen molar-refractivity contribution in [2.24, 2.45) is 0 Å². The molecule has 0 unspecified atom stereocenters. The van der Waals surface area contributed by atoms with Gasteiger partial charge < -0.3 is 4.74 Å². The van der Waals surface area contributed by atoms with Crippen molar-refractivity contribution in [1.29, 1.82) is 0 Å². The van der Waals surface area contributed by atoms with E-state index in [2.05, 4.69) is 9.97 Å². The molecule has 3 aromatic rings. The monoisotopic (exact) mass is 325 g/mol. The smallest absolute Gasteiger partial charge is 0.348 e. The second kappa shape index (κ2) is 5.96. The number of hydrogen-bond donors (Lipinski definition) is 0. The van der Waals surface area contributed by atoms with Gasteiger partial charge in [0.15, 0.2) is 0 Å². The number of carbonyl (C=O) groups is 1. The Balaban J connectivity index is 1.44. The van der Waals surface area contributed by atoms with E-state index < -0.39 is 0 Å². The summed E-state index contributed by atoms with van der Waals surface area (Å²) < 4.78 is 7.26. The van der Waals surface area contributed by atoms with Crippen LogP contribution >= 0.6 is 11.3 Å². The molecule has 6 heteroatoms. The number of imidazole rings is 1. The number of fused-ring (bicyclic) bond motifs is 1. The number of carbonyl (C=O) groups excluding carboxylic acids is 1. The molecule has 0 radical (unpaired) electrons. The van der Waals surface area contributed by atoms with Gasteiger partial charge in [-0.3, -0.25) is 4.57 Å². The Morgan fingerprint density at radius 1 is 1.30 bits per heavy atom. The molecule has 4 rings (SSSR count). The molecule has 0 saturated heterocycles. The van der Waals surface area contributed by atoms with Crippen molar-refractivity contribution in [3.8, 4) is 5.82 Å². The van der Waals surface area contributed by atoms with E-state index in [1.807, 2.05) is 29.0 Å². The van der Waals surface area contributed by atoms with Crippen LogP contribution in [0.25, 0.3) is 5.82 Å². The van der Waals surface area contributed by atoms with Gasteiger partial charge in [-0.05, 0) is 48.6 Å². The lowest BCUT2D eigenvalue weighted by Gasteiger charge is -2.06. The first-order chi connectivity index (χ1) is 11.3. The summed E-state index contributed by atoms with van der Waals surface area (Å²) in [6, 6.07) is 5.73. The van der Waals surface area contributed by atoms with Crippen LogP contribution in [0.1, 0.15) is 32.1 Å². The van der Waals surface area contributed by atoms with Crippen LogP contribution in [0, 0.1) is 0 Å². The van der Waals surface area contributed by atoms with Crippen molar-refractivity contribution in [3.63, 3.8) is 0 Å². The highest BCUT2D eigenvalue weighted by atomic mass is 32.1. The second-order valence-corrected chi connectivity index (χ2v) is 6.62. The number of aromatic nitrogens is 3. The van der Waals surface area contributed by atoms with E-state index >= 15 is 0 Å². The van der Waals surface area contributed by atoms with Gasteiger partial charge >= 0.3 is 5.97 Å². The van der Waals surface area contributed by atoms with E-state index in [1.54, 1.807) is 30.1 Å². The van der Waals surface area contributed by atoms with Gasteiger partial charge in [0.05, 0.1) is 0 Å². The molecule has 0 saturated carbocycles. The molecule has 0 amide bonds. The summed E-state index contributed by atoms with van der Waals surface area (Å²) in [7, 11) is 0. The average Bonchev–Trinajstić information content (AvgIpc) is 3.28. The summed E-state index contributed by atoms with van der Waals surface area (Å²) in [4.78, 5) is 22.5. The molecule has 1 aliphatic carbocycles. The van der Waals surface area contributed by atoms with E-state index in [4.69, 9.17) is 4.74 Å². The molecule has 1 aliphatic rings. The van der Waals surface area contributed by atoms with Gasteiger partial charge in [-0.25, -0.2) is 14.8 Å². The van der Waals surface area contributed by atoms with Crippen LogP contribution < -0.4 is 0 Å². The number of nitrogens with zero attached hydrogens (tertiary/aromatic N) is 3. The van der Waals surface area contributed by atoms with Crippen LogP contribution in [0.5, 0.6) is 0 Å². The maximum atomic E-state index is 12.2. The molecule has 0 aliphatic heterocycles. The van der Waals surface area contributed by atoms with E-state index in [1.165, 1.54) is 16.9 Å². The first kappa shape index (κ1) is 14.1. The molecule has 3 aromatic heterocycles. The maximum absolute atomic E-state index is 12.2. The fourth-order valence-electron chi connectivity index (χ4n) is 2.74. The summed E-state index contributed by atoms with van der Waals surface area (Å²) in [6.07, 6.45) is 10.3. The zero-order valence-electron chi connectivity index (χ0n) is 12.4. The highest BCUT2D eigenvalue weighted by Gasteiger charge is 2.19. The van der Waals surface area contributed by atoms with Gasteiger partial charge in [-0.1, -0.05) is 0 Å². The fourth-order valence-corrected chi connectivity index (χ4v) is 3.88. The quantitative estimate of drug-likeness (QED) is 0.691. The third-order valence-electron chi connectivity index (χ3n) is 3.90. The molecule has 0 spiro atoms. The first-order valence-corrected chi connectivity index (χ1v) is 8.33. The van der Waals surface area contributed by atoms with E-state index in [-0.39, 0.29) is 12.6 Å². The Labute approximate surface area is 137 Å². The Bertz CT molecular complexity index is 818. The number of thiophene rings is 1. The largest absolute Gasteiger partial charge is 0.457 e. The lowest BCUT2D eigenvalue weighted by Crippen LogP contribution is -2.04. The number of hydrogen-bond acceptors (Lipinski definition) is 5. The van der Waals surface area contributed by atoms with Gasteiger partial charge in [0.2, 0.25) is 0 Å². The van der Waals surface area contributed by atoms with Crippen molar-refractivity contribution in [2.75, 3.05) is 0 Å². The number of ether oxygens (including phenoxy) is 1. The summed E-state index contributed by atoms with van der Waals surface area (Å²) in [5.74, 6) is 0.511. The fraction of sp³-hybridized carbons (Fsp3) is 0.235. The Hall–Kier alpha value is -2.47. The standard InChI is InChI=1S/C17H15N3O2S/c21-17(15-9-13-2-1-3-14(13)23-15)22-10-12-4-5-19-16(8-12)20-7-6-18-11-20/h4-9,11H,1-3,10H2. The third-order valence-corrected chi connectivity index (χ3v) is 5.11. The first-order valence-electron chi connectivity index (χ1n) is 7.51. The van der Waals surface area contributed by atoms with Crippen LogP contribution in [0.4, 0.5) is 0 Å². The SMILES string of the molecule is O=C(OCc1ccnc(-n2ccnc2)c1)c1cc2c(s1)CCC2. The molecular weight excluding hydrogens is 310 g/mol. The molecule has 0 atom stereocenters. The summed E-state index contributed by atoms with van der Waals surface area (Å²) in [5, 5.41) is 0. The summed E-state index contributed by atoms with van der Waals surface area (Å²) in [5.41, 5.74) is 2.22. The minimum atomic E-state index is -0.245. The minimum Gasteiger partial charge on any atom is -0.457 e. The minimum absolute atomic E-state index is 0.242. The second-order valence-electron chi connectivity index (χ2n) is 5.48. The third kappa shape index (κ3) is 2.90. The molecule has 3 heterocycles. The summed E-state index contributed by atoms with van der Waals surface area (Å²) >= 11 is 1.57. The lowest BCUT2D eigenvalue weighted by molar-refractivity contribution is 0.0478. The molecule has 116 valence electrons. The average molecular weight is 325 g/mol. The Kier molecular flexibility index (Phi) is 3.67. The highest BCUT2D eigenvalue weighted by Crippen LogP contribution is 2.31. The number of pyridine rings is 1. The molecule has 23 heavy (non-hydrogen) atoms. The van der Waals surface area contributed by atoms with Crippen LogP contribution in [0.2, 0.25) is 0 Å². The number of aryl methyl sites for hydroxylation is 2. The van der Waals surface area contributed by atoms with Crippen LogP contribution in [-0.2, 0) is 24.2 Å². The van der Waals surface area contributed by atoms with Gasteiger partial charge in [-0.15, -0.1) is 11.3 Å². The zero-order chi connectivity index (χ0) is 15.6. The molecular formula is C17H15N3O2S. The molecule has 0 N–H and O–H groups in total. The normalized spacial score (nSPS) is 13.0. The van der Waals surface area contributed by atoms with E-state index in [0.29, 0.717) is 4.88 Å². The van der Waals surface area contributed by atoms with Crippen LogP contribution in [0.3, 0.4) is 0 Å². The molecule has 0 fully saturated rings. The topological polar surface area (TPSA) is 57.0 Å². The van der Waals surface area contributed by atoms with Crippen molar-refractivity contribution >= 4 is 17.3 Å². The predicted molar refractivity (Wildman–Crippen MR) is 86.8 cm³/mol. The molecule has 5 nitrogen and oxygen atoms in total. The molecule has 0 bridgehead atoms. The highest BCUT2D eigenvalue weighted by molar-refractivity contribution is 7.14. The van der Waals surface area contributed by atoms with Crippen molar-refractivity contribution < 1.29 is 9.53 Å². The van der Waals surface area contributed by atoms with E-state index in [9.17, 15) is 4.79 Å². The van der Waals surface area contributed by atoms with Crippen molar-refractivity contribution in [3.05, 3.63) is 64.0 Å². The summed E-state index contributed by atoms with van der Waals surface area (Å²) in [6.45, 7) is 0.242. The maximum Gasteiger partial charge on any atom is 0.348 e. The number of rotatable bonds is 4. The van der Waals surface area contributed by atoms with Crippen LogP contribution in [0.15, 0.2) is 43.1 Å². The lowest BCUT2D eigenvalue weighted by atomic mass is 10.2. The predicted octanol–water partition coefficient (Wildman–Crippen LogP) is 3.17. The van der Waals surface area contributed by atoms with Crippen LogP contribution in [-0.4, -0.2) is 20.5 Å². The van der Waals surface area contributed by atoms with Gasteiger partial charge in [0.1, 0.15) is 23.6 Å². The Morgan fingerprint density at radius 2 is 2.26 bits per heavy atom. The van der Waals surface area contributed by atoms with Gasteiger partial charge in [-0.2, -0.15) is 0 Å². The van der Waals surface area contributed by atoms with E-state index in [0.717, 1.165) is 24.2 Å². The zero-order valence-corrected chi connectivity index (χ0v) is 13.3. The van der Waals surface area contributed by atoms with Gasteiger partial charge in [0, 0.05) is 23.5 Å². The molecule has 0 aromatic carbocycles. The van der Waals surface area contributed by atoms with Crippen molar-refractivity contribution in [1.82, 2.24) is 14.5 Å². The van der Waals surface area contributed by atoms with Crippen molar-refractivity contribution in [2.45, 2.75) is 25.9 Å². The number of esters is 1. The van der Waals surface area contributed by atoms with Gasteiger partial charge in [0.25, 0.3) is 0 Å².